The van der Waals surface area contributed by atoms with Crippen LogP contribution in [-0.2, 0) is 4.74 Å². The second-order valence-electron chi connectivity index (χ2n) is 2.98. The minimum absolute atomic E-state index is 0.135. The molecule has 1 N–H and O–H groups in total. The van der Waals surface area contributed by atoms with E-state index >= 15 is 0 Å². The van der Waals surface area contributed by atoms with Crippen molar-refractivity contribution in [2.75, 3.05) is 18.5 Å². The first-order valence-electron chi connectivity index (χ1n) is 4.67. The van der Waals surface area contributed by atoms with Crippen LogP contribution in [0, 0.1) is 0 Å². The lowest BCUT2D eigenvalue weighted by Gasteiger charge is -2.13. The van der Waals surface area contributed by atoms with Crippen LogP contribution in [0.4, 0.5) is 5.82 Å². The second-order valence-corrected chi connectivity index (χ2v) is 4.17. The van der Waals surface area contributed by atoms with Gasteiger partial charge in [-0.15, -0.1) is 0 Å². The van der Waals surface area contributed by atoms with E-state index in [4.69, 9.17) is 16.3 Å². The van der Waals surface area contributed by atoms with E-state index in [0.717, 1.165) is 4.47 Å². The first kappa shape index (κ1) is 12.7. The smallest absolute Gasteiger partial charge is 0.224 e. The largest absolute Gasteiger partial charge is 0.377 e. The average molecular weight is 295 g/mol. The van der Waals surface area contributed by atoms with E-state index in [2.05, 4.69) is 31.2 Å². The van der Waals surface area contributed by atoms with Gasteiger partial charge in [-0.05, 0) is 41.4 Å². The number of anilines is 1. The van der Waals surface area contributed by atoms with Crippen molar-refractivity contribution in [3.8, 4) is 0 Å². The highest BCUT2D eigenvalue weighted by molar-refractivity contribution is 9.10. The van der Waals surface area contributed by atoms with Gasteiger partial charge >= 0.3 is 0 Å². The molecule has 1 unspecified atom stereocenters. The molecule has 0 spiro atoms. The van der Waals surface area contributed by atoms with Gasteiger partial charge in [0.25, 0.3) is 0 Å². The average Bonchev–Trinajstić information content (AvgIpc) is 2.20. The van der Waals surface area contributed by atoms with Crippen molar-refractivity contribution < 1.29 is 4.74 Å². The van der Waals surface area contributed by atoms with Crippen LogP contribution in [0.25, 0.3) is 0 Å². The van der Waals surface area contributed by atoms with Crippen LogP contribution in [0.2, 0.25) is 5.28 Å². The van der Waals surface area contributed by atoms with Crippen molar-refractivity contribution in [3.63, 3.8) is 0 Å². The minimum atomic E-state index is 0.135. The molecular formula is C9H13BrClN3O. The molecule has 84 valence electrons. The highest BCUT2D eigenvalue weighted by Gasteiger charge is 2.05. The molecule has 1 atom stereocenters. The highest BCUT2D eigenvalue weighted by atomic mass is 79.9. The Morgan fingerprint density at radius 3 is 3.07 bits per heavy atom. The van der Waals surface area contributed by atoms with Crippen LogP contribution in [0.3, 0.4) is 0 Å². The first-order chi connectivity index (χ1) is 7.13. The van der Waals surface area contributed by atoms with Gasteiger partial charge in [-0.2, -0.15) is 4.98 Å². The van der Waals surface area contributed by atoms with E-state index in [1.807, 2.05) is 13.8 Å². The molecule has 0 bridgehead atoms. The van der Waals surface area contributed by atoms with E-state index in [-0.39, 0.29) is 11.4 Å². The van der Waals surface area contributed by atoms with E-state index in [1.54, 1.807) is 6.20 Å². The molecule has 0 amide bonds. The maximum absolute atomic E-state index is 5.68. The van der Waals surface area contributed by atoms with Gasteiger partial charge in [0, 0.05) is 19.3 Å². The molecule has 0 aliphatic heterocycles. The normalized spacial score (nSPS) is 12.5. The van der Waals surface area contributed by atoms with Crippen molar-refractivity contribution >= 4 is 33.3 Å². The second kappa shape index (κ2) is 6.25. The Morgan fingerprint density at radius 2 is 2.40 bits per heavy atom. The van der Waals surface area contributed by atoms with Gasteiger partial charge < -0.3 is 10.1 Å². The lowest BCUT2D eigenvalue weighted by molar-refractivity contribution is 0.0854. The number of ether oxygens (including phenoxy) is 1. The van der Waals surface area contributed by atoms with Gasteiger partial charge in [0.15, 0.2) is 0 Å². The topological polar surface area (TPSA) is 47.0 Å². The highest BCUT2D eigenvalue weighted by Crippen LogP contribution is 2.19. The Morgan fingerprint density at radius 1 is 1.67 bits per heavy atom. The fourth-order valence-electron chi connectivity index (χ4n) is 1.05. The molecular weight excluding hydrogens is 281 g/mol. The molecule has 0 aromatic carbocycles. The minimum Gasteiger partial charge on any atom is -0.377 e. The first-order valence-corrected chi connectivity index (χ1v) is 5.84. The number of hydrogen-bond donors (Lipinski definition) is 1. The molecule has 0 radical (unpaired) electrons. The van der Waals surface area contributed by atoms with Gasteiger partial charge in [0.1, 0.15) is 5.82 Å². The summed E-state index contributed by atoms with van der Waals surface area (Å²) in [4.78, 5) is 7.88. The van der Waals surface area contributed by atoms with Crippen molar-refractivity contribution in [2.45, 2.75) is 20.0 Å². The van der Waals surface area contributed by atoms with E-state index in [1.165, 1.54) is 0 Å². The zero-order valence-corrected chi connectivity index (χ0v) is 11.0. The molecule has 0 saturated carbocycles. The molecule has 0 aliphatic carbocycles. The third-order valence-corrected chi connectivity index (χ3v) is 2.49. The zero-order chi connectivity index (χ0) is 11.3. The quantitative estimate of drug-likeness (QED) is 0.848. The molecule has 4 nitrogen and oxygen atoms in total. The van der Waals surface area contributed by atoms with Crippen LogP contribution in [0.15, 0.2) is 10.7 Å². The molecule has 0 fully saturated rings. The monoisotopic (exact) mass is 293 g/mol. The van der Waals surface area contributed by atoms with E-state index in [0.29, 0.717) is 19.0 Å². The molecule has 15 heavy (non-hydrogen) atoms. The number of hydrogen-bond acceptors (Lipinski definition) is 4. The summed E-state index contributed by atoms with van der Waals surface area (Å²) in [5.74, 6) is 0.682. The van der Waals surface area contributed by atoms with Gasteiger partial charge in [-0.1, -0.05) is 0 Å². The van der Waals surface area contributed by atoms with Crippen molar-refractivity contribution in [1.29, 1.82) is 0 Å². The zero-order valence-electron chi connectivity index (χ0n) is 8.63. The summed E-state index contributed by atoms with van der Waals surface area (Å²) in [5.41, 5.74) is 0. The Labute approximate surface area is 103 Å². The third kappa shape index (κ3) is 4.32. The fourth-order valence-corrected chi connectivity index (χ4v) is 1.52. The van der Waals surface area contributed by atoms with Gasteiger partial charge in [-0.3, -0.25) is 0 Å². The lowest BCUT2D eigenvalue weighted by Crippen LogP contribution is -2.20. The number of nitrogens with one attached hydrogen (secondary N) is 1. The summed E-state index contributed by atoms with van der Waals surface area (Å²) in [6.07, 6.45) is 1.75. The number of rotatable bonds is 5. The maximum atomic E-state index is 5.68. The maximum Gasteiger partial charge on any atom is 0.224 e. The van der Waals surface area contributed by atoms with Crippen LogP contribution in [-0.4, -0.2) is 29.2 Å². The van der Waals surface area contributed by atoms with Gasteiger partial charge in [0.2, 0.25) is 5.28 Å². The van der Waals surface area contributed by atoms with Gasteiger partial charge in [-0.25, -0.2) is 4.98 Å². The summed E-state index contributed by atoms with van der Waals surface area (Å²) in [7, 11) is 0. The summed E-state index contributed by atoms with van der Waals surface area (Å²) in [6.45, 7) is 5.34. The number of halogens is 2. The lowest BCUT2D eigenvalue weighted by atomic mass is 10.4. The summed E-state index contributed by atoms with van der Waals surface area (Å²) >= 11 is 9.01. The standard InChI is InChI=1S/C9H13BrClN3O/c1-3-15-6(2)4-12-8-7(10)5-13-9(11)14-8/h5-6H,3-4H2,1-2H3,(H,12,13,14). The fraction of sp³-hybridized carbons (Fsp3) is 0.556. The van der Waals surface area contributed by atoms with Crippen molar-refractivity contribution in [2.24, 2.45) is 0 Å². The summed E-state index contributed by atoms with van der Waals surface area (Å²) < 4.78 is 6.17. The predicted molar refractivity (Wildman–Crippen MR) is 64.3 cm³/mol. The van der Waals surface area contributed by atoms with Crippen LogP contribution in [0.5, 0.6) is 0 Å². The third-order valence-electron chi connectivity index (χ3n) is 1.72. The number of nitrogens with zero attached hydrogens (tertiary/aromatic N) is 2. The van der Waals surface area contributed by atoms with E-state index < -0.39 is 0 Å². The van der Waals surface area contributed by atoms with Gasteiger partial charge in [0.05, 0.1) is 10.6 Å². The Kier molecular flexibility index (Phi) is 5.28. The summed E-state index contributed by atoms with van der Waals surface area (Å²) in [6, 6.07) is 0. The Hall–Kier alpha value is -0.390. The molecule has 1 aromatic rings. The van der Waals surface area contributed by atoms with Crippen LogP contribution < -0.4 is 5.32 Å². The molecule has 0 saturated heterocycles. The molecule has 1 aromatic heterocycles. The molecule has 1 heterocycles. The molecule has 6 heteroatoms. The predicted octanol–water partition coefficient (Wildman–Crippen LogP) is 2.73. The summed E-state index contributed by atoms with van der Waals surface area (Å²) in [5, 5.41) is 3.36. The SMILES string of the molecule is CCOC(C)CNc1nc(Cl)ncc1Br. The molecule has 1 rings (SSSR count). The van der Waals surface area contributed by atoms with Crippen molar-refractivity contribution in [3.05, 3.63) is 16.0 Å². The van der Waals surface area contributed by atoms with Crippen LogP contribution in [0.1, 0.15) is 13.8 Å². The Bertz CT molecular complexity index is 324. The van der Waals surface area contributed by atoms with E-state index in [9.17, 15) is 0 Å². The Balaban J connectivity index is 2.53. The van der Waals surface area contributed by atoms with Crippen LogP contribution >= 0.6 is 27.5 Å². The number of aromatic nitrogens is 2. The molecule has 0 aliphatic rings. The van der Waals surface area contributed by atoms with Crippen molar-refractivity contribution in [1.82, 2.24) is 9.97 Å².